The lowest BCUT2D eigenvalue weighted by Gasteiger charge is -2.26. The number of methoxy groups -OCH3 is 3. The molecule has 1 atom stereocenters. The van der Waals surface area contributed by atoms with Crippen LogP contribution in [0.25, 0.3) is 11.0 Å². The molecule has 2 heterocycles. The molecule has 0 bridgehead atoms. The minimum absolute atomic E-state index is 0.0258. The first-order valence-electron chi connectivity index (χ1n) is 8.64. The van der Waals surface area contributed by atoms with Crippen LogP contribution in [0.3, 0.4) is 0 Å². The van der Waals surface area contributed by atoms with E-state index in [-0.39, 0.29) is 17.7 Å². The van der Waals surface area contributed by atoms with Crippen LogP contribution in [0, 0.1) is 0 Å². The van der Waals surface area contributed by atoms with E-state index in [4.69, 9.17) is 23.4 Å². The van der Waals surface area contributed by atoms with Crippen molar-refractivity contribution in [3.63, 3.8) is 0 Å². The summed E-state index contributed by atoms with van der Waals surface area (Å²) in [6, 6.07) is 10.4. The number of ether oxygens (including phenoxy) is 4. The second-order valence-electron chi connectivity index (χ2n) is 6.28. The van der Waals surface area contributed by atoms with Crippen molar-refractivity contribution in [3.8, 4) is 23.0 Å². The van der Waals surface area contributed by atoms with Crippen LogP contribution in [-0.4, -0.2) is 27.3 Å². The minimum Gasteiger partial charge on any atom is -0.493 e. The van der Waals surface area contributed by atoms with Gasteiger partial charge in [0.2, 0.25) is 5.75 Å². The van der Waals surface area contributed by atoms with Crippen LogP contribution < -0.4 is 24.6 Å². The average molecular weight is 382 g/mol. The summed E-state index contributed by atoms with van der Waals surface area (Å²) in [4.78, 5) is 25.2. The van der Waals surface area contributed by atoms with Gasteiger partial charge in [0, 0.05) is 11.5 Å². The first-order chi connectivity index (χ1) is 13.6. The maximum Gasteiger partial charge on any atom is 0.343 e. The molecule has 0 radical (unpaired) electrons. The maximum absolute atomic E-state index is 12.8. The Bertz CT molecular complexity index is 1130. The molecule has 0 spiro atoms. The highest BCUT2D eigenvalue weighted by Crippen LogP contribution is 2.48. The number of rotatable bonds is 4. The summed E-state index contributed by atoms with van der Waals surface area (Å²) in [5, 5.41) is 0.564. The molecule has 28 heavy (non-hydrogen) atoms. The molecule has 0 N–H and O–H groups in total. The summed E-state index contributed by atoms with van der Waals surface area (Å²) >= 11 is 0. The van der Waals surface area contributed by atoms with Crippen LogP contribution in [0.4, 0.5) is 0 Å². The van der Waals surface area contributed by atoms with Crippen molar-refractivity contribution in [2.75, 3.05) is 21.3 Å². The number of benzene rings is 2. The van der Waals surface area contributed by atoms with E-state index in [0.717, 1.165) is 0 Å². The van der Waals surface area contributed by atoms with Crippen molar-refractivity contribution < 1.29 is 28.2 Å². The zero-order valence-corrected chi connectivity index (χ0v) is 15.6. The third-order valence-corrected chi connectivity index (χ3v) is 4.84. The van der Waals surface area contributed by atoms with Crippen molar-refractivity contribution in [1.29, 1.82) is 0 Å². The molecule has 144 valence electrons. The van der Waals surface area contributed by atoms with Gasteiger partial charge < -0.3 is 23.4 Å². The molecule has 0 saturated carbocycles. The molecule has 1 aromatic heterocycles. The Morgan fingerprint density at radius 3 is 2.39 bits per heavy atom. The summed E-state index contributed by atoms with van der Waals surface area (Å²) in [5.41, 5.74) is 0.700. The van der Waals surface area contributed by atoms with Crippen LogP contribution >= 0.6 is 0 Å². The highest BCUT2D eigenvalue weighted by atomic mass is 16.5. The average Bonchev–Trinajstić information content (AvgIpc) is 2.71. The summed E-state index contributed by atoms with van der Waals surface area (Å²) < 4.78 is 27.2. The third-order valence-electron chi connectivity index (χ3n) is 4.84. The van der Waals surface area contributed by atoms with Gasteiger partial charge in [-0.3, -0.25) is 4.79 Å². The van der Waals surface area contributed by atoms with E-state index < -0.39 is 17.5 Å². The fourth-order valence-corrected chi connectivity index (χ4v) is 3.63. The highest BCUT2D eigenvalue weighted by molar-refractivity contribution is 5.90. The van der Waals surface area contributed by atoms with Gasteiger partial charge in [-0.2, -0.15) is 0 Å². The van der Waals surface area contributed by atoms with E-state index in [1.807, 2.05) is 0 Å². The second-order valence-corrected chi connectivity index (χ2v) is 6.28. The van der Waals surface area contributed by atoms with Gasteiger partial charge in [-0.05, 0) is 18.2 Å². The predicted molar refractivity (Wildman–Crippen MR) is 101 cm³/mol. The van der Waals surface area contributed by atoms with E-state index in [2.05, 4.69) is 0 Å². The first-order valence-corrected chi connectivity index (χ1v) is 8.64. The number of hydrogen-bond donors (Lipinski definition) is 0. The SMILES string of the molecule is COc1ccc(C2CC(=O)Oc3c2c(=O)oc2ccccc32)c(OC)c1OC. The number of esters is 1. The van der Waals surface area contributed by atoms with Crippen LogP contribution in [-0.2, 0) is 4.79 Å². The van der Waals surface area contributed by atoms with Crippen LogP contribution in [0.15, 0.2) is 45.6 Å². The maximum atomic E-state index is 12.8. The topological polar surface area (TPSA) is 84.2 Å². The number of para-hydroxylation sites is 1. The molecule has 2 aromatic carbocycles. The van der Waals surface area contributed by atoms with Gasteiger partial charge in [-0.15, -0.1) is 0 Å². The molecule has 1 unspecified atom stereocenters. The number of hydrogen-bond acceptors (Lipinski definition) is 7. The molecule has 0 fully saturated rings. The van der Waals surface area contributed by atoms with Gasteiger partial charge in [-0.1, -0.05) is 18.2 Å². The zero-order valence-electron chi connectivity index (χ0n) is 15.6. The smallest absolute Gasteiger partial charge is 0.343 e. The number of carbonyl (C=O) groups is 1. The highest BCUT2D eigenvalue weighted by Gasteiger charge is 2.36. The monoisotopic (exact) mass is 382 g/mol. The summed E-state index contributed by atoms with van der Waals surface area (Å²) in [6.45, 7) is 0. The molecule has 0 saturated heterocycles. The standard InChI is InChI=1S/C21H18O7/c1-24-15-9-8-11(19(25-2)20(15)26-3)13-10-16(22)28-18-12-6-4-5-7-14(12)27-21(23)17(13)18/h4-9,13H,10H2,1-3H3. The predicted octanol–water partition coefficient (Wildman–Crippen LogP) is 3.26. The van der Waals surface area contributed by atoms with E-state index >= 15 is 0 Å². The van der Waals surface area contributed by atoms with Gasteiger partial charge >= 0.3 is 11.6 Å². The van der Waals surface area contributed by atoms with E-state index in [1.54, 1.807) is 36.4 Å². The minimum atomic E-state index is -0.605. The summed E-state index contributed by atoms with van der Waals surface area (Å²) in [7, 11) is 4.51. The fourth-order valence-electron chi connectivity index (χ4n) is 3.63. The molecule has 4 rings (SSSR count). The molecule has 0 aliphatic carbocycles. The van der Waals surface area contributed by atoms with Crippen LogP contribution in [0.1, 0.15) is 23.5 Å². The molecule has 7 heteroatoms. The number of fused-ring (bicyclic) bond motifs is 3. The summed E-state index contributed by atoms with van der Waals surface area (Å²) in [6.07, 6.45) is -0.0258. The van der Waals surface area contributed by atoms with Crippen molar-refractivity contribution in [3.05, 3.63) is 57.9 Å². The molecular weight excluding hydrogens is 364 g/mol. The van der Waals surface area contributed by atoms with Crippen LogP contribution in [0.5, 0.6) is 23.0 Å². The van der Waals surface area contributed by atoms with Crippen molar-refractivity contribution in [2.24, 2.45) is 0 Å². The molecule has 3 aromatic rings. The molecule has 0 amide bonds. The largest absolute Gasteiger partial charge is 0.493 e. The molecule has 1 aliphatic heterocycles. The molecule has 1 aliphatic rings. The van der Waals surface area contributed by atoms with Gasteiger partial charge in [0.15, 0.2) is 17.2 Å². The van der Waals surface area contributed by atoms with E-state index in [9.17, 15) is 9.59 Å². The Kier molecular flexibility index (Phi) is 4.43. The Morgan fingerprint density at radius 1 is 0.929 bits per heavy atom. The van der Waals surface area contributed by atoms with Crippen molar-refractivity contribution >= 4 is 16.9 Å². The quantitative estimate of drug-likeness (QED) is 0.506. The van der Waals surface area contributed by atoms with Crippen LogP contribution in [0.2, 0.25) is 0 Å². The van der Waals surface area contributed by atoms with Crippen molar-refractivity contribution in [2.45, 2.75) is 12.3 Å². The lowest BCUT2D eigenvalue weighted by atomic mass is 9.86. The normalized spacial score (nSPS) is 15.7. The van der Waals surface area contributed by atoms with Gasteiger partial charge in [-0.25, -0.2) is 4.79 Å². The Morgan fingerprint density at radius 2 is 1.68 bits per heavy atom. The molecular formula is C21H18O7. The Hall–Kier alpha value is -3.48. The second kappa shape index (κ2) is 6.92. The number of carbonyl (C=O) groups excluding carboxylic acids is 1. The lowest BCUT2D eigenvalue weighted by molar-refractivity contribution is -0.135. The fraction of sp³-hybridized carbons (Fsp3) is 0.238. The Balaban J connectivity index is 2.01. The zero-order chi connectivity index (χ0) is 19.8. The third kappa shape index (κ3) is 2.67. The molecule has 7 nitrogen and oxygen atoms in total. The van der Waals surface area contributed by atoms with Gasteiger partial charge in [0.25, 0.3) is 0 Å². The lowest BCUT2D eigenvalue weighted by Crippen LogP contribution is -2.27. The summed E-state index contributed by atoms with van der Waals surface area (Å²) in [5.74, 6) is 0.433. The Labute approximate surface area is 160 Å². The van der Waals surface area contributed by atoms with E-state index in [1.165, 1.54) is 21.3 Å². The van der Waals surface area contributed by atoms with E-state index in [0.29, 0.717) is 33.8 Å². The van der Waals surface area contributed by atoms with Crippen molar-refractivity contribution in [1.82, 2.24) is 0 Å². The van der Waals surface area contributed by atoms with Gasteiger partial charge in [0.1, 0.15) is 5.58 Å². The first kappa shape index (κ1) is 17.9. The van der Waals surface area contributed by atoms with Gasteiger partial charge in [0.05, 0.1) is 38.7 Å².